The first-order chi connectivity index (χ1) is 14.5. The molecule has 7 nitrogen and oxygen atoms in total. The van der Waals surface area contributed by atoms with Gasteiger partial charge in [-0.25, -0.2) is 4.79 Å². The molecule has 9 heteroatoms. The number of alkyl halides is 2. The Bertz CT molecular complexity index is 902. The number of halogens is 2. The molecule has 3 amide bonds. The Morgan fingerprint density at radius 3 is 2.57 bits per heavy atom. The molecule has 1 aliphatic rings. The minimum absolute atomic E-state index is 0.0366. The fraction of sp³-hybridized carbons (Fsp3) is 0.333. The number of carbonyl (C=O) groups is 2. The highest BCUT2D eigenvalue weighted by molar-refractivity contribution is 5.95. The van der Waals surface area contributed by atoms with E-state index in [4.69, 9.17) is 4.74 Å². The van der Waals surface area contributed by atoms with Gasteiger partial charge in [0.25, 0.3) is 5.91 Å². The number of nitrogens with one attached hydrogen (secondary N) is 2. The van der Waals surface area contributed by atoms with Crippen molar-refractivity contribution < 1.29 is 27.8 Å². The fourth-order valence-corrected chi connectivity index (χ4v) is 3.17. The van der Waals surface area contributed by atoms with E-state index in [-0.39, 0.29) is 29.6 Å². The number of likely N-dealkylation sites (tertiary alicyclic amines) is 1. The van der Waals surface area contributed by atoms with Crippen molar-refractivity contribution in [3.63, 3.8) is 0 Å². The lowest BCUT2D eigenvalue weighted by Crippen LogP contribution is -2.32. The number of hydrogen-bond donors (Lipinski definition) is 2. The third-order valence-electron chi connectivity index (χ3n) is 4.67. The van der Waals surface area contributed by atoms with Crippen LogP contribution in [0.2, 0.25) is 0 Å². The summed E-state index contributed by atoms with van der Waals surface area (Å²) in [6.45, 7) is -1.25. The number of nitrogens with zero attached hydrogens (tertiary/aromatic N) is 1. The molecule has 160 valence electrons. The predicted molar refractivity (Wildman–Crippen MR) is 107 cm³/mol. The second kappa shape index (κ2) is 9.91. The van der Waals surface area contributed by atoms with Gasteiger partial charge in [0.1, 0.15) is 0 Å². The number of hydrogen-bond acceptors (Lipinski definition) is 4. The molecule has 1 heterocycles. The first kappa shape index (κ1) is 21.4. The summed E-state index contributed by atoms with van der Waals surface area (Å²) in [4.78, 5) is 26.4. The standard InChI is InChI=1S/C21H23F2N3O4/c1-29-18-12-15(7-8-17(18)30-20(22)23)19(27)24-13-14-5-4-6-16(11-14)25-21(28)26-9-2-3-10-26/h4-8,11-12,20H,2-3,9-10,13H2,1H3,(H,24,27)(H,25,28). The van der Waals surface area contributed by atoms with Crippen molar-refractivity contribution in [2.75, 3.05) is 25.5 Å². The van der Waals surface area contributed by atoms with Crippen molar-refractivity contribution in [1.29, 1.82) is 0 Å². The number of urea groups is 1. The first-order valence-corrected chi connectivity index (χ1v) is 9.52. The van der Waals surface area contributed by atoms with Crippen LogP contribution in [-0.4, -0.2) is 43.6 Å². The van der Waals surface area contributed by atoms with Crippen LogP contribution in [0.4, 0.5) is 19.3 Å². The Morgan fingerprint density at radius 2 is 1.87 bits per heavy atom. The number of benzene rings is 2. The second-order valence-corrected chi connectivity index (χ2v) is 6.75. The molecular formula is C21H23F2N3O4. The molecule has 3 rings (SSSR count). The maximum absolute atomic E-state index is 12.4. The molecule has 2 N–H and O–H groups in total. The molecule has 0 aliphatic carbocycles. The number of rotatable bonds is 7. The highest BCUT2D eigenvalue weighted by Crippen LogP contribution is 2.29. The smallest absolute Gasteiger partial charge is 0.387 e. The summed E-state index contributed by atoms with van der Waals surface area (Å²) >= 11 is 0. The normalized spacial score (nSPS) is 13.3. The molecule has 1 aliphatic heterocycles. The van der Waals surface area contributed by atoms with Gasteiger partial charge in [0.2, 0.25) is 0 Å². The van der Waals surface area contributed by atoms with Gasteiger partial charge < -0.3 is 25.0 Å². The zero-order valence-corrected chi connectivity index (χ0v) is 16.5. The average molecular weight is 419 g/mol. The molecule has 0 unspecified atom stereocenters. The van der Waals surface area contributed by atoms with Crippen molar-refractivity contribution in [1.82, 2.24) is 10.2 Å². The topological polar surface area (TPSA) is 79.9 Å². The molecule has 0 spiro atoms. The molecule has 2 aromatic carbocycles. The lowest BCUT2D eigenvalue weighted by molar-refractivity contribution is -0.0512. The summed E-state index contributed by atoms with van der Waals surface area (Å²) in [5.41, 5.74) is 1.69. The van der Waals surface area contributed by atoms with Crippen molar-refractivity contribution in [3.8, 4) is 11.5 Å². The van der Waals surface area contributed by atoms with E-state index in [1.165, 1.54) is 25.3 Å². The zero-order valence-electron chi connectivity index (χ0n) is 16.5. The molecule has 0 radical (unpaired) electrons. The minimum Gasteiger partial charge on any atom is -0.493 e. The van der Waals surface area contributed by atoms with Gasteiger partial charge in [-0.3, -0.25) is 4.79 Å². The Labute approximate surface area is 173 Å². The van der Waals surface area contributed by atoms with Crippen LogP contribution >= 0.6 is 0 Å². The minimum atomic E-state index is -2.99. The predicted octanol–water partition coefficient (Wildman–Crippen LogP) is 3.85. The van der Waals surface area contributed by atoms with Crippen molar-refractivity contribution >= 4 is 17.6 Å². The van der Waals surface area contributed by atoms with Gasteiger partial charge in [0.05, 0.1) is 7.11 Å². The zero-order chi connectivity index (χ0) is 21.5. The number of methoxy groups -OCH3 is 1. The molecule has 0 atom stereocenters. The van der Waals surface area contributed by atoms with Gasteiger partial charge in [-0.2, -0.15) is 8.78 Å². The van der Waals surface area contributed by atoms with Crippen molar-refractivity contribution in [2.24, 2.45) is 0 Å². The summed E-state index contributed by atoms with van der Waals surface area (Å²) in [7, 11) is 1.30. The van der Waals surface area contributed by atoms with E-state index in [1.807, 2.05) is 6.07 Å². The maximum atomic E-state index is 12.4. The lowest BCUT2D eigenvalue weighted by atomic mass is 10.1. The van der Waals surface area contributed by atoms with Crippen LogP contribution in [0.15, 0.2) is 42.5 Å². The summed E-state index contributed by atoms with van der Waals surface area (Å²) in [6.07, 6.45) is 2.03. The van der Waals surface area contributed by atoms with Gasteiger partial charge in [0.15, 0.2) is 11.5 Å². The Morgan fingerprint density at radius 1 is 1.10 bits per heavy atom. The number of carbonyl (C=O) groups excluding carboxylic acids is 2. The van der Waals surface area contributed by atoms with E-state index in [0.717, 1.165) is 31.5 Å². The van der Waals surface area contributed by atoms with Crippen LogP contribution in [0.25, 0.3) is 0 Å². The van der Waals surface area contributed by atoms with Crippen molar-refractivity contribution in [3.05, 3.63) is 53.6 Å². The quantitative estimate of drug-likeness (QED) is 0.714. The third kappa shape index (κ3) is 5.59. The molecule has 1 fully saturated rings. The van der Waals surface area contributed by atoms with Gasteiger partial charge >= 0.3 is 12.6 Å². The van der Waals surface area contributed by atoms with Crippen molar-refractivity contribution in [2.45, 2.75) is 26.0 Å². The van der Waals surface area contributed by atoms with Gasteiger partial charge in [-0.15, -0.1) is 0 Å². The molecular weight excluding hydrogens is 396 g/mol. The SMILES string of the molecule is COc1cc(C(=O)NCc2cccc(NC(=O)N3CCCC3)c2)ccc1OC(F)F. The largest absolute Gasteiger partial charge is 0.493 e. The van der Waals surface area contributed by atoms with E-state index < -0.39 is 12.5 Å². The van der Waals surface area contributed by atoms with Crippen LogP contribution in [0.5, 0.6) is 11.5 Å². The van der Waals surface area contributed by atoms with E-state index in [9.17, 15) is 18.4 Å². The summed E-state index contributed by atoms with van der Waals surface area (Å²) < 4.78 is 34.2. The van der Waals surface area contributed by atoms with E-state index in [0.29, 0.717) is 5.69 Å². The van der Waals surface area contributed by atoms with Crippen LogP contribution < -0.4 is 20.1 Å². The Hall–Kier alpha value is -3.36. The first-order valence-electron chi connectivity index (χ1n) is 9.52. The number of amides is 3. The second-order valence-electron chi connectivity index (χ2n) is 6.75. The molecule has 30 heavy (non-hydrogen) atoms. The Kier molecular flexibility index (Phi) is 7.05. The maximum Gasteiger partial charge on any atom is 0.387 e. The van der Waals surface area contributed by atoms with Crippen LogP contribution in [0, 0.1) is 0 Å². The summed E-state index contributed by atoms with van der Waals surface area (Å²) in [5.74, 6) is -0.511. The van der Waals surface area contributed by atoms with Crippen LogP contribution in [0.1, 0.15) is 28.8 Å². The van der Waals surface area contributed by atoms with E-state index in [1.54, 1.807) is 23.1 Å². The van der Waals surface area contributed by atoms with Gasteiger partial charge in [-0.1, -0.05) is 12.1 Å². The highest BCUT2D eigenvalue weighted by atomic mass is 19.3. The molecule has 0 aromatic heterocycles. The molecule has 0 bridgehead atoms. The molecule has 0 saturated carbocycles. The number of ether oxygens (including phenoxy) is 2. The van der Waals surface area contributed by atoms with Crippen LogP contribution in [-0.2, 0) is 6.54 Å². The Balaban J connectivity index is 1.59. The molecule has 1 saturated heterocycles. The van der Waals surface area contributed by atoms with Gasteiger partial charge in [0, 0.05) is 30.9 Å². The number of anilines is 1. The highest BCUT2D eigenvalue weighted by Gasteiger charge is 2.18. The van der Waals surface area contributed by atoms with Crippen LogP contribution in [0.3, 0.4) is 0 Å². The molecule has 2 aromatic rings. The van der Waals surface area contributed by atoms with Gasteiger partial charge in [-0.05, 0) is 48.7 Å². The fourth-order valence-electron chi connectivity index (χ4n) is 3.17. The summed E-state index contributed by atoms with van der Waals surface area (Å²) in [6, 6.07) is 11.0. The summed E-state index contributed by atoms with van der Waals surface area (Å²) in [5, 5.41) is 5.62. The monoisotopic (exact) mass is 419 g/mol. The van der Waals surface area contributed by atoms with E-state index in [2.05, 4.69) is 15.4 Å². The average Bonchev–Trinajstić information content (AvgIpc) is 3.27. The van der Waals surface area contributed by atoms with E-state index >= 15 is 0 Å². The third-order valence-corrected chi connectivity index (χ3v) is 4.67. The lowest BCUT2D eigenvalue weighted by Gasteiger charge is -2.16.